The van der Waals surface area contributed by atoms with Gasteiger partial charge in [0.15, 0.2) is 0 Å². The summed E-state index contributed by atoms with van der Waals surface area (Å²) >= 11 is 3.46. The largest absolute Gasteiger partial charge is 0.369 e. The Hall–Kier alpha value is -1.05. The van der Waals surface area contributed by atoms with Crippen molar-refractivity contribution in [2.45, 2.75) is 6.92 Å². The van der Waals surface area contributed by atoms with Gasteiger partial charge >= 0.3 is 0 Å². The van der Waals surface area contributed by atoms with E-state index in [9.17, 15) is 0 Å². The van der Waals surface area contributed by atoms with E-state index in [1.807, 2.05) is 12.1 Å². The number of nitrogens with zero attached hydrogens (tertiary/aromatic N) is 3. The Bertz CT molecular complexity index is 431. The molecular formula is C13H16BrN3. The molecule has 0 aliphatic carbocycles. The van der Waals surface area contributed by atoms with Gasteiger partial charge in [0.1, 0.15) is 0 Å². The maximum Gasteiger partial charge on any atom is 0.0992 e. The van der Waals surface area contributed by atoms with Gasteiger partial charge in [-0.25, -0.2) is 0 Å². The maximum atomic E-state index is 8.97. The second kappa shape index (κ2) is 5.52. The van der Waals surface area contributed by atoms with Crippen LogP contribution in [0.15, 0.2) is 22.7 Å². The normalized spacial score (nSPS) is 16.9. The molecule has 1 fully saturated rings. The summed E-state index contributed by atoms with van der Waals surface area (Å²) in [5, 5.41) is 8.97. The highest BCUT2D eigenvalue weighted by atomic mass is 79.9. The van der Waals surface area contributed by atoms with E-state index in [0.717, 1.165) is 42.9 Å². The van der Waals surface area contributed by atoms with Gasteiger partial charge in [0.2, 0.25) is 0 Å². The Kier molecular flexibility index (Phi) is 4.03. The van der Waals surface area contributed by atoms with E-state index in [-0.39, 0.29) is 0 Å². The van der Waals surface area contributed by atoms with Gasteiger partial charge in [0, 0.05) is 36.3 Å². The number of likely N-dealkylation sites (N-methyl/N-ethyl adjacent to an activating group) is 1. The third kappa shape index (κ3) is 2.99. The predicted octanol–water partition coefficient (Wildman–Crippen LogP) is 2.46. The first-order valence-corrected chi connectivity index (χ1v) is 6.70. The molecule has 0 radical (unpaired) electrons. The molecular weight excluding hydrogens is 278 g/mol. The van der Waals surface area contributed by atoms with E-state index in [0.29, 0.717) is 5.56 Å². The number of piperazine rings is 1. The summed E-state index contributed by atoms with van der Waals surface area (Å²) < 4.78 is 0.976. The first-order valence-electron chi connectivity index (χ1n) is 5.91. The Morgan fingerprint density at radius 3 is 2.53 bits per heavy atom. The molecule has 1 aliphatic heterocycles. The smallest absolute Gasteiger partial charge is 0.0992 e. The molecule has 0 saturated carbocycles. The van der Waals surface area contributed by atoms with Crippen LogP contribution in [-0.2, 0) is 0 Å². The van der Waals surface area contributed by atoms with Gasteiger partial charge in [0.25, 0.3) is 0 Å². The van der Waals surface area contributed by atoms with Crippen molar-refractivity contribution in [1.82, 2.24) is 4.90 Å². The molecule has 0 atom stereocenters. The Balaban J connectivity index is 2.13. The molecule has 1 saturated heterocycles. The van der Waals surface area contributed by atoms with Crippen LogP contribution in [0.1, 0.15) is 12.5 Å². The van der Waals surface area contributed by atoms with Crippen molar-refractivity contribution >= 4 is 21.6 Å². The molecule has 17 heavy (non-hydrogen) atoms. The molecule has 0 bridgehead atoms. The minimum Gasteiger partial charge on any atom is -0.369 e. The van der Waals surface area contributed by atoms with Gasteiger partial charge in [-0.2, -0.15) is 5.26 Å². The first-order chi connectivity index (χ1) is 8.22. The van der Waals surface area contributed by atoms with E-state index in [4.69, 9.17) is 5.26 Å². The van der Waals surface area contributed by atoms with Crippen molar-refractivity contribution in [1.29, 1.82) is 5.26 Å². The van der Waals surface area contributed by atoms with Crippen molar-refractivity contribution < 1.29 is 0 Å². The van der Waals surface area contributed by atoms with Gasteiger partial charge in [-0.05, 0) is 24.7 Å². The second-order valence-electron chi connectivity index (χ2n) is 4.23. The van der Waals surface area contributed by atoms with Crippen LogP contribution in [0, 0.1) is 11.3 Å². The molecule has 3 nitrogen and oxygen atoms in total. The zero-order chi connectivity index (χ0) is 12.3. The summed E-state index contributed by atoms with van der Waals surface area (Å²) in [4.78, 5) is 4.79. The molecule has 1 aromatic rings. The number of rotatable bonds is 2. The molecule has 0 amide bonds. The number of hydrogen-bond acceptors (Lipinski definition) is 3. The number of anilines is 1. The van der Waals surface area contributed by atoms with Crippen molar-refractivity contribution in [3.63, 3.8) is 0 Å². The lowest BCUT2D eigenvalue weighted by molar-refractivity contribution is 0.271. The fraction of sp³-hybridized carbons (Fsp3) is 0.462. The number of halogens is 1. The zero-order valence-electron chi connectivity index (χ0n) is 9.99. The topological polar surface area (TPSA) is 30.3 Å². The lowest BCUT2D eigenvalue weighted by atomic mass is 10.2. The highest BCUT2D eigenvalue weighted by Crippen LogP contribution is 2.23. The molecule has 1 aromatic carbocycles. The average Bonchev–Trinajstić information content (AvgIpc) is 2.38. The molecule has 0 spiro atoms. The summed E-state index contributed by atoms with van der Waals surface area (Å²) in [7, 11) is 0. The maximum absolute atomic E-state index is 8.97. The van der Waals surface area contributed by atoms with Gasteiger partial charge < -0.3 is 9.80 Å². The molecule has 1 aliphatic rings. The molecule has 0 N–H and O–H groups in total. The summed E-state index contributed by atoms with van der Waals surface area (Å²) in [6, 6.07) is 8.10. The third-order valence-corrected chi connectivity index (χ3v) is 3.65. The molecule has 2 rings (SSSR count). The monoisotopic (exact) mass is 293 g/mol. The van der Waals surface area contributed by atoms with E-state index >= 15 is 0 Å². The van der Waals surface area contributed by atoms with Crippen LogP contribution in [0.3, 0.4) is 0 Å². The SMILES string of the molecule is CCN1CCN(c2cc(Br)cc(C#N)c2)CC1. The molecule has 0 aromatic heterocycles. The summed E-state index contributed by atoms with van der Waals surface area (Å²) in [5.41, 5.74) is 1.86. The fourth-order valence-electron chi connectivity index (χ4n) is 2.14. The molecule has 0 unspecified atom stereocenters. The lowest BCUT2D eigenvalue weighted by Gasteiger charge is -2.35. The Morgan fingerprint density at radius 1 is 1.24 bits per heavy atom. The lowest BCUT2D eigenvalue weighted by Crippen LogP contribution is -2.46. The van der Waals surface area contributed by atoms with Crippen LogP contribution in [-0.4, -0.2) is 37.6 Å². The molecule has 1 heterocycles. The minimum atomic E-state index is 0.715. The Labute approximate surface area is 111 Å². The van der Waals surface area contributed by atoms with Crippen LogP contribution in [0.25, 0.3) is 0 Å². The second-order valence-corrected chi connectivity index (χ2v) is 5.15. The average molecular weight is 294 g/mol. The first kappa shape index (κ1) is 12.4. The van der Waals surface area contributed by atoms with Gasteiger partial charge in [-0.3, -0.25) is 0 Å². The van der Waals surface area contributed by atoms with Crippen molar-refractivity contribution in [2.24, 2.45) is 0 Å². The van der Waals surface area contributed by atoms with Crippen LogP contribution < -0.4 is 4.90 Å². The van der Waals surface area contributed by atoms with Crippen LogP contribution in [0.5, 0.6) is 0 Å². The fourth-order valence-corrected chi connectivity index (χ4v) is 2.62. The number of nitriles is 1. The molecule has 4 heteroatoms. The highest BCUT2D eigenvalue weighted by molar-refractivity contribution is 9.10. The van der Waals surface area contributed by atoms with Gasteiger partial charge in [0.05, 0.1) is 11.6 Å². The van der Waals surface area contributed by atoms with Gasteiger partial charge in [-0.1, -0.05) is 22.9 Å². The number of hydrogen-bond donors (Lipinski definition) is 0. The standard InChI is InChI=1S/C13H16BrN3/c1-2-16-3-5-17(6-4-16)13-8-11(10-15)7-12(14)9-13/h7-9H,2-6H2,1H3. The summed E-state index contributed by atoms with van der Waals surface area (Å²) in [6.45, 7) is 7.60. The number of benzene rings is 1. The zero-order valence-corrected chi connectivity index (χ0v) is 11.6. The van der Waals surface area contributed by atoms with Crippen molar-refractivity contribution in [2.75, 3.05) is 37.6 Å². The van der Waals surface area contributed by atoms with E-state index < -0.39 is 0 Å². The quantitative estimate of drug-likeness (QED) is 0.839. The van der Waals surface area contributed by atoms with Gasteiger partial charge in [-0.15, -0.1) is 0 Å². The van der Waals surface area contributed by atoms with Crippen molar-refractivity contribution in [3.05, 3.63) is 28.2 Å². The minimum absolute atomic E-state index is 0.715. The predicted molar refractivity (Wildman–Crippen MR) is 73.2 cm³/mol. The Morgan fingerprint density at radius 2 is 1.94 bits per heavy atom. The van der Waals surface area contributed by atoms with Crippen LogP contribution >= 0.6 is 15.9 Å². The van der Waals surface area contributed by atoms with Crippen molar-refractivity contribution in [3.8, 4) is 6.07 Å². The van der Waals surface area contributed by atoms with E-state index in [1.54, 1.807) is 0 Å². The van der Waals surface area contributed by atoms with E-state index in [1.165, 1.54) is 0 Å². The van der Waals surface area contributed by atoms with Crippen LogP contribution in [0.4, 0.5) is 5.69 Å². The summed E-state index contributed by atoms with van der Waals surface area (Å²) in [5.74, 6) is 0. The summed E-state index contributed by atoms with van der Waals surface area (Å²) in [6.07, 6.45) is 0. The van der Waals surface area contributed by atoms with Crippen LogP contribution in [0.2, 0.25) is 0 Å². The molecule has 90 valence electrons. The highest BCUT2D eigenvalue weighted by Gasteiger charge is 2.16. The van der Waals surface area contributed by atoms with E-state index in [2.05, 4.69) is 44.8 Å². The third-order valence-electron chi connectivity index (χ3n) is 3.20.